The highest BCUT2D eigenvalue weighted by molar-refractivity contribution is 7.90. The van der Waals surface area contributed by atoms with Gasteiger partial charge >= 0.3 is 0 Å². The molecule has 0 aliphatic rings. The number of amides is 1. The maximum Gasteiger partial charge on any atom is 0.266 e. The molecule has 1 heterocycles. The molecular formula is C22H24N2O4S. The van der Waals surface area contributed by atoms with Crippen LogP contribution < -0.4 is 9.46 Å². The highest BCUT2D eigenvalue weighted by atomic mass is 32.2. The van der Waals surface area contributed by atoms with E-state index < -0.39 is 15.9 Å². The Morgan fingerprint density at radius 3 is 2.34 bits per heavy atom. The van der Waals surface area contributed by atoms with Crippen molar-refractivity contribution in [2.24, 2.45) is 0 Å². The predicted molar refractivity (Wildman–Crippen MR) is 112 cm³/mol. The smallest absolute Gasteiger partial charge is 0.266 e. The van der Waals surface area contributed by atoms with Gasteiger partial charge in [0.15, 0.2) is 0 Å². The zero-order valence-electron chi connectivity index (χ0n) is 16.9. The lowest BCUT2D eigenvalue weighted by Crippen LogP contribution is -2.31. The van der Waals surface area contributed by atoms with E-state index in [0.29, 0.717) is 29.1 Å². The van der Waals surface area contributed by atoms with Gasteiger partial charge in [0, 0.05) is 17.9 Å². The first kappa shape index (κ1) is 20.7. The zero-order valence-corrected chi connectivity index (χ0v) is 17.7. The summed E-state index contributed by atoms with van der Waals surface area (Å²) in [6.07, 6.45) is 0. The van der Waals surface area contributed by atoms with Crippen molar-refractivity contribution in [2.45, 2.75) is 32.2 Å². The van der Waals surface area contributed by atoms with Crippen LogP contribution >= 0.6 is 0 Å². The van der Waals surface area contributed by atoms with Crippen molar-refractivity contribution < 1.29 is 17.9 Å². The number of rotatable bonds is 6. The van der Waals surface area contributed by atoms with Crippen molar-refractivity contribution in [1.29, 1.82) is 0 Å². The summed E-state index contributed by atoms with van der Waals surface area (Å²) >= 11 is 0. The van der Waals surface area contributed by atoms with Crippen molar-refractivity contribution in [1.82, 2.24) is 9.29 Å². The molecule has 1 aromatic heterocycles. The molecule has 6 nitrogen and oxygen atoms in total. The van der Waals surface area contributed by atoms with Gasteiger partial charge in [-0.05, 0) is 56.2 Å². The van der Waals surface area contributed by atoms with Crippen LogP contribution in [0.3, 0.4) is 0 Å². The Kier molecular flexibility index (Phi) is 5.79. The Morgan fingerprint density at radius 1 is 1.03 bits per heavy atom. The van der Waals surface area contributed by atoms with E-state index >= 15 is 0 Å². The fourth-order valence-corrected chi connectivity index (χ4v) is 4.35. The first-order chi connectivity index (χ1) is 13.7. The van der Waals surface area contributed by atoms with E-state index in [-0.39, 0.29) is 4.90 Å². The van der Waals surface area contributed by atoms with Gasteiger partial charge in [0.1, 0.15) is 5.75 Å². The molecule has 0 spiro atoms. The number of ether oxygens (including phenoxy) is 1. The van der Waals surface area contributed by atoms with Gasteiger partial charge in [0.25, 0.3) is 15.9 Å². The van der Waals surface area contributed by atoms with Crippen LogP contribution in [0.15, 0.2) is 59.5 Å². The van der Waals surface area contributed by atoms with E-state index in [4.69, 9.17) is 4.74 Å². The summed E-state index contributed by atoms with van der Waals surface area (Å²) in [6, 6.07) is 16.1. The molecule has 0 unspecified atom stereocenters. The van der Waals surface area contributed by atoms with Crippen LogP contribution in [0.4, 0.5) is 0 Å². The standard InChI is InChI=1S/C22H24N2O4S/c1-15-12-19(10-11-21(15)28-4)29(26,27)23-22(25)20-13-16(2)24(17(20)3)14-18-8-6-5-7-9-18/h5-13H,14H2,1-4H3,(H,23,25). The fraction of sp³-hybridized carbons (Fsp3) is 0.227. The van der Waals surface area contributed by atoms with Crippen LogP contribution in [-0.2, 0) is 16.6 Å². The molecule has 0 bridgehead atoms. The Labute approximate surface area is 171 Å². The SMILES string of the molecule is COc1ccc(S(=O)(=O)NC(=O)c2cc(C)n(Cc3ccccc3)c2C)cc1C. The number of nitrogens with zero attached hydrogens (tertiary/aromatic N) is 1. The van der Waals surface area contributed by atoms with Gasteiger partial charge in [-0.15, -0.1) is 0 Å². The van der Waals surface area contributed by atoms with Gasteiger partial charge in [-0.25, -0.2) is 13.1 Å². The first-order valence-corrected chi connectivity index (χ1v) is 10.6. The lowest BCUT2D eigenvalue weighted by atomic mass is 10.2. The van der Waals surface area contributed by atoms with E-state index in [2.05, 4.69) is 4.72 Å². The number of nitrogens with one attached hydrogen (secondary N) is 1. The van der Waals surface area contributed by atoms with Gasteiger partial charge < -0.3 is 9.30 Å². The summed E-state index contributed by atoms with van der Waals surface area (Å²) in [5, 5.41) is 0. The third kappa shape index (κ3) is 4.35. The van der Waals surface area contributed by atoms with Crippen molar-refractivity contribution in [2.75, 3.05) is 7.11 Å². The second-order valence-electron chi connectivity index (χ2n) is 6.92. The lowest BCUT2D eigenvalue weighted by Gasteiger charge is -2.11. The minimum atomic E-state index is -4.00. The molecular weight excluding hydrogens is 388 g/mol. The second-order valence-corrected chi connectivity index (χ2v) is 8.61. The molecule has 0 radical (unpaired) electrons. The molecule has 3 rings (SSSR count). The monoisotopic (exact) mass is 412 g/mol. The quantitative estimate of drug-likeness (QED) is 0.671. The largest absolute Gasteiger partial charge is 0.496 e. The molecule has 2 aromatic carbocycles. The van der Waals surface area contributed by atoms with Gasteiger partial charge in [-0.1, -0.05) is 30.3 Å². The molecule has 152 valence electrons. The van der Waals surface area contributed by atoms with E-state index in [1.54, 1.807) is 19.1 Å². The van der Waals surface area contributed by atoms with Crippen LogP contribution in [0.1, 0.15) is 32.9 Å². The van der Waals surface area contributed by atoms with Crippen molar-refractivity contribution >= 4 is 15.9 Å². The molecule has 1 amide bonds. The molecule has 0 aliphatic carbocycles. The number of hydrogen-bond donors (Lipinski definition) is 1. The van der Waals surface area contributed by atoms with Crippen molar-refractivity contribution in [3.05, 3.63) is 82.7 Å². The minimum absolute atomic E-state index is 0.0160. The van der Waals surface area contributed by atoms with E-state index in [1.807, 2.05) is 48.7 Å². The highest BCUT2D eigenvalue weighted by Crippen LogP contribution is 2.22. The molecule has 0 atom stereocenters. The topological polar surface area (TPSA) is 77.4 Å². The maximum atomic E-state index is 12.8. The molecule has 0 fully saturated rings. The van der Waals surface area contributed by atoms with Crippen molar-refractivity contribution in [3.63, 3.8) is 0 Å². The summed E-state index contributed by atoms with van der Waals surface area (Å²) in [7, 11) is -2.48. The average Bonchev–Trinajstić information content (AvgIpc) is 2.97. The van der Waals surface area contributed by atoms with Crippen LogP contribution in [0.25, 0.3) is 0 Å². The summed E-state index contributed by atoms with van der Waals surface area (Å²) < 4.78 is 34.7. The summed E-state index contributed by atoms with van der Waals surface area (Å²) in [5.74, 6) is -0.0642. The molecule has 1 N–H and O–H groups in total. The van der Waals surface area contributed by atoms with E-state index in [1.165, 1.54) is 19.2 Å². The Morgan fingerprint density at radius 2 is 1.72 bits per heavy atom. The van der Waals surface area contributed by atoms with E-state index in [0.717, 1.165) is 11.3 Å². The number of sulfonamides is 1. The molecule has 0 aliphatic heterocycles. The average molecular weight is 413 g/mol. The number of aryl methyl sites for hydroxylation is 2. The Bertz CT molecular complexity index is 1150. The highest BCUT2D eigenvalue weighted by Gasteiger charge is 2.23. The number of aromatic nitrogens is 1. The third-order valence-corrected chi connectivity index (χ3v) is 6.23. The Balaban J connectivity index is 1.85. The lowest BCUT2D eigenvalue weighted by molar-refractivity contribution is 0.0980. The van der Waals surface area contributed by atoms with Crippen LogP contribution in [0.5, 0.6) is 5.75 Å². The summed E-state index contributed by atoms with van der Waals surface area (Å²) in [5.41, 5.74) is 3.71. The van der Waals surface area contributed by atoms with Gasteiger partial charge in [-0.3, -0.25) is 4.79 Å². The second kappa shape index (κ2) is 8.13. The number of benzene rings is 2. The normalized spacial score (nSPS) is 11.3. The maximum absolute atomic E-state index is 12.8. The molecule has 3 aromatic rings. The van der Waals surface area contributed by atoms with Gasteiger partial charge in [-0.2, -0.15) is 0 Å². The molecule has 0 saturated heterocycles. The molecule has 7 heteroatoms. The number of hydrogen-bond acceptors (Lipinski definition) is 4. The van der Waals surface area contributed by atoms with Crippen LogP contribution in [-0.4, -0.2) is 26.0 Å². The fourth-order valence-electron chi connectivity index (χ4n) is 3.29. The first-order valence-electron chi connectivity index (χ1n) is 9.15. The number of carbonyl (C=O) groups is 1. The molecule has 0 saturated carbocycles. The van der Waals surface area contributed by atoms with Crippen molar-refractivity contribution in [3.8, 4) is 5.75 Å². The molecule has 29 heavy (non-hydrogen) atoms. The van der Waals surface area contributed by atoms with Crippen LogP contribution in [0.2, 0.25) is 0 Å². The minimum Gasteiger partial charge on any atom is -0.496 e. The predicted octanol–water partition coefficient (Wildman–Crippen LogP) is 3.59. The zero-order chi connectivity index (χ0) is 21.2. The van der Waals surface area contributed by atoms with Crippen LogP contribution in [0, 0.1) is 20.8 Å². The number of carbonyl (C=O) groups excluding carboxylic acids is 1. The number of methoxy groups -OCH3 is 1. The summed E-state index contributed by atoms with van der Waals surface area (Å²) in [6.45, 7) is 6.07. The van der Waals surface area contributed by atoms with Gasteiger partial charge in [0.05, 0.1) is 17.6 Å². The van der Waals surface area contributed by atoms with E-state index in [9.17, 15) is 13.2 Å². The third-order valence-electron chi connectivity index (χ3n) is 4.91. The summed E-state index contributed by atoms with van der Waals surface area (Å²) in [4.78, 5) is 12.8. The van der Waals surface area contributed by atoms with Gasteiger partial charge in [0.2, 0.25) is 0 Å². The Hall–Kier alpha value is -3.06.